The first-order valence-electron chi connectivity index (χ1n) is 4.86. The molecule has 14 heavy (non-hydrogen) atoms. The Hall–Kier alpha value is 0.260. The van der Waals surface area contributed by atoms with E-state index in [1.165, 1.54) is 31.4 Å². The van der Waals surface area contributed by atoms with Crippen LogP contribution in [0.5, 0.6) is 0 Å². The first-order valence-corrected chi connectivity index (χ1v) is 8.18. The van der Waals surface area contributed by atoms with Crippen molar-refractivity contribution in [3.8, 4) is 0 Å². The lowest BCUT2D eigenvalue weighted by molar-refractivity contribution is 0.532. The summed E-state index contributed by atoms with van der Waals surface area (Å²) in [5, 5.41) is 0. The maximum Gasteiger partial charge on any atom is 0.0146 e. The Kier molecular flexibility index (Phi) is 6.64. The molecule has 0 aromatic heterocycles. The van der Waals surface area contributed by atoms with Gasteiger partial charge in [-0.3, -0.25) is 0 Å². The number of hydrogen-bond acceptors (Lipinski definition) is 2. The molecular weight excluding hydrogens is 305 g/mol. The van der Waals surface area contributed by atoms with Gasteiger partial charge in [-0.25, -0.2) is 4.31 Å². The minimum absolute atomic E-state index is 1.18. The molecule has 0 bridgehead atoms. The van der Waals surface area contributed by atoms with Crippen molar-refractivity contribution in [2.45, 2.75) is 19.3 Å². The number of halogens is 1. The van der Waals surface area contributed by atoms with Crippen molar-refractivity contribution in [3.63, 3.8) is 0 Å². The molecule has 0 saturated heterocycles. The van der Waals surface area contributed by atoms with E-state index in [-0.39, 0.29) is 0 Å². The molecule has 78 valence electrons. The van der Waals surface area contributed by atoms with Gasteiger partial charge in [0.05, 0.1) is 0 Å². The van der Waals surface area contributed by atoms with Gasteiger partial charge in [-0.15, -0.1) is 0 Å². The van der Waals surface area contributed by atoms with Gasteiger partial charge in [0, 0.05) is 27.8 Å². The van der Waals surface area contributed by atoms with Gasteiger partial charge in [-0.2, -0.15) is 0 Å². The van der Waals surface area contributed by atoms with E-state index in [1.807, 2.05) is 0 Å². The van der Waals surface area contributed by atoms with E-state index in [1.54, 1.807) is 9.12 Å². The van der Waals surface area contributed by atoms with Crippen molar-refractivity contribution in [1.29, 1.82) is 0 Å². The molecule has 0 heterocycles. The van der Waals surface area contributed by atoms with E-state index < -0.39 is 0 Å². The summed E-state index contributed by atoms with van der Waals surface area (Å²) < 4.78 is 2.27. The fourth-order valence-corrected chi connectivity index (χ4v) is 2.13. The molecule has 1 aromatic rings. The molecule has 1 nitrogen and oxygen atoms in total. The highest BCUT2D eigenvalue weighted by molar-refractivity contribution is 14.2. The van der Waals surface area contributed by atoms with E-state index in [0.717, 1.165) is 0 Å². The van der Waals surface area contributed by atoms with E-state index in [9.17, 15) is 0 Å². The van der Waals surface area contributed by atoms with Gasteiger partial charge in [0.15, 0.2) is 0 Å². The molecule has 1 aromatic carbocycles. The van der Waals surface area contributed by atoms with Gasteiger partial charge in [0.2, 0.25) is 0 Å². The van der Waals surface area contributed by atoms with Crippen LogP contribution in [0.15, 0.2) is 30.3 Å². The van der Waals surface area contributed by atoms with Crippen molar-refractivity contribution in [3.05, 3.63) is 35.9 Å². The normalized spacial score (nSPS) is 10.8. The van der Waals surface area contributed by atoms with Crippen LogP contribution in [-0.4, -0.2) is 17.9 Å². The average Bonchev–Trinajstić information content (AvgIpc) is 2.25. The molecule has 0 amide bonds. The third-order valence-corrected chi connectivity index (χ3v) is 4.58. The van der Waals surface area contributed by atoms with Crippen molar-refractivity contribution in [2.24, 2.45) is 0 Å². The quantitative estimate of drug-likeness (QED) is 0.444. The van der Waals surface area contributed by atoms with Crippen LogP contribution in [0.25, 0.3) is 0 Å². The van der Waals surface area contributed by atoms with Gasteiger partial charge in [0.25, 0.3) is 0 Å². The largest absolute Gasteiger partial charge is 0.245 e. The molecule has 0 atom stereocenters. The summed E-state index contributed by atoms with van der Waals surface area (Å²) in [5.41, 5.74) is 1.46. The second kappa shape index (κ2) is 7.54. The predicted octanol–water partition coefficient (Wildman–Crippen LogP) is 3.94. The summed E-state index contributed by atoms with van der Waals surface area (Å²) in [6, 6.07) is 10.7. The Bertz CT molecular complexity index is 240. The zero-order valence-electron chi connectivity index (χ0n) is 8.45. The van der Waals surface area contributed by atoms with E-state index in [2.05, 4.69) is 62.9 Å². The van der Waals surface area contributed by atoms with Crippen LogP contribution in [0.3, 0.4) is 0 Å². The van der Waals surface area contributed by atoms with Gasteiger partial charge < -0.3 is 0 Å². The lowest BCUT2D eigenvalue weighted by atomic mass is 10.1. The smallest absolute Gasteiger partial charge is 0.0146 e. The Morgan fingerprint density at radius 1 is 1.21 bits per heavy atom. The second-order valence-corrected chi connectivity index (χ2v) is 5.31. The molecule has 3 heteroatoms. The summed E-state index contributed by atoms with van der Waals surface area (Å²) in [5.74, 6) is 0. The zero-order valence-corrected chi connectivity index (χ0v) is 11.4. The minimum Gasteiger partial charge on any atom is -0.245 e. The van der Waals surface area contributed by atoms with E-state index in [4.69, 9.17) is 0 Å². The highest BCUT2D eigenvalue weighted by Crippen LogP contribution is 2.16. The van der Waals surface area contributed by atoms with Gasteiger partial charge in [0.1, 0.15) is 0 Å². The van der Waals surface area contributed by atoms with Gasteiger partial charge in [-0.05, 0) is 41.0 Å². The van der Waals surface area contributed by atoms with Crippen LogP contribution in [0.4, 0.5) is 0 Å². The second-order valence-electron chi connectivity index (χ2n) is 3.36. The molecule has 0 saturated carbocycles. The zero-order chi connectivity index (χ0) is 10.2. The molecule has 0 unspecified atom stereocenters. The average molecular weight is 321 g/mol. The molecular formula is C11H16INS. The summed E-state index contributed by atoms with van der Waals surface area (Å²) in [6.07, 6.45) is 3.77. The van der Waals surface area contributed by atoms with Crippen molar-refractivity contribution < 1.29 is 0 Å². The van der Waals surface area contributed by atoms with E-state index in [0.29, 0.717) is 0 Å². The third kappa shape index (κ3) is 5.22. The Balaban J connectivity index is 2.10. The third-order valence-electron chi connectivity index (χ3n) is 2.15. The topological polar surface area (TPSA) is 3.24 Å². The van der Waals surface area contributed by atoms with Crippen molar-refractivity contribution in [2.75, 3.05) is 13.6 Å². The number of hydrogen-bond donors (Lipinski definition) is 0. The maximum absolute atomic E-state index is 2.32. The lowest BCUT2D eigenvalue weighted by Crippen LogP contribution is -2.08. The molecule has 0 spiro atoms. The summed E-state index contributed by atoms with van der Waals surface area (Å²) in [4.78, 5) is 0. The lowest BCUT2D eigenvalue weighted by Gasteiger charge is -2.10. The number of nitrogens with zero attached hydrogens (tertiary/aromatic N) is 1. The van der Waals surface area contributed by atoms with Gasteiger partial charge >= 0.3 is 0 Å². The Labute approximate surface area is 103 Å². The number of benzene rings is 1. The Morgan fingerprint density at radius 3 is 2.57 bits per heavy atom. The monoisotopic (exact) mass is 321 g/mol. The summed E-state index contributed by atoms with van der Waals surface area (Å²) in [7, 11) is 3.91. The molecule has 0 aliphatic heterocycles. The highest BCUT2D eigenvalue weighted by atomic mass is 127. The standard InChI is InChI=1S/C11H16INS/c1-13(14-12)10-6-5-9-11-7-3-2-4-8-11/h2-4,7-8H,5-6,9-10H2,1H3. The minimum atomic E-state index is 1.18. The fraction of sp³-hybridized carbons (Fsp3) is 0.455. The van der Waals surface area contributed by atoms with Crippen molar-refractivity contribution >= 4 is 30.3 Å². The molecule has 1 rings (SSSR count). The first kappa shape index (κ1) is 12.3. The Morgan fingerprint density at radius 2 is 1.93 bits per heavy atom. The predicted molar refractivity (Wildman–Crippen MR) is 73.6 cm³/mol. The molecule has 0 aliphatic carbocycles. The van der Waals surface area contributed by atoms with E-state index >= 15 is 0 Å². The van der Waals surface area contributed by atoms with Gasteiger partial charge in [-0.1, -0.05) is 30.3 Å². The van der Waals surface area contributed by atoms with Crippen LogP contribution < -0.4 is 0 Å². The molecule has 0 aliphatic rings. The fourth-order valence-electron chi connectivity index (χ4n) is 1.34. The molecule has 0 radical (unpaired) electrons. The first-order chi connectivity index (χ1) is 6.83. The number of rotatable bonds is 6. The number of unbranched alkanes of at least 4 members (excludes halogenated alkanes) is 1. The number of aryl methyl sites for hydroxylation is 1. The maximum atomic E-state index is 2.32. The molecule has 0 fully saturated rings. The summed E-state index contributed by atoms with van der Waals surface area (Å²) >= 11 is 2.32. The van der Waals surface area contributed by atoms with Crippen LogP contribution in [0.2, 0.25) is 0 Å². The highest BCUT2D eigenvalue weighted by Gasteiger charge is 1.96. The van der Waals surface area contributed by atoms with Crippen molar-refractivity contribution in [1.82, 2.24) is 4.31 Å². The van der Waals surface area contributed by atoms with Crippen LogP contribution >= 0.6 is 30.3 Å². The SMILES string of the molecule is CN(CCCCc1ccccc1)SI. The van der Waals surface area contributed by atoms with Crippen LogP contribution in [0, 0.1) is 0 Å². The molecule has 0 N–H and O–H groups in total. The van der Waals surface area contributed by atoms with Crippen LogP contribution in [0.1, 0.15) is 18.4 Å². The summed E-state index contributed by atoms with van der Waals surface area (Å²) in [6.45, 7) is 1.18. The van der Waals surface area contributed by atoms with Crippen LogP contribution in [-0.2, 0) is 6.42 Å².